The monoisotopic (exact) mass is 268 g/mol. The van der Waals surface area contributed by atoms with Gasteiger partial charge in [0.15, 0.2) is 0 Å². The van der Waals surface area contributed by atoms with Crippen LogP contribution in [0.5, 0.6) is 0 Å². The van der Waals surface area contributed by atoms with Crippen LogP contribution in [0, 0.1) is 0 Å². The van der Waals surface area contributed by atoms with Crippen molar-refractivity contribution in [2.75, 3.05) is 25.4 Å². The van der Waals surface area contributed by atoms with E-state index < -0.39 is 0 Å². The van der Waals surface area contributed by atoms with Gasteiger partial charge in [0.25, 0.3) is 0 Å². The van der Waals surface area contributed by atoms with Crippen LogP contribution in [0.25, 0.3) is 0 Å². The highest BCUT2D eigenvalue weighted by atomic mass is 32.2. The number of hydrogen-bond acceptors (Lipinski definition) is 4. The summed E-state index contributed by atoms with van der Waals surface area (Å²) in [6.45, 7) is 9.69. The topological polar surface area (TPSA) is 28.4 Å². The maximum atomic E-state index is 5.57. The van der Waals surface area contributed by atoms with E-state index >= 15 is 0 Å². The van der Waals surface area contributed by atoms with Crippen LogP contribution in [-0.4, -0.2) is 35.5 Å². The molecule has 102 valence electrons. The molecule has 18 heavy (non-hydrogen) atoms. The van der Waals surface area contributed by atoms with Crippen molar-refractivity contribution in [2.45, 2.75) is 38.6 Å². The van der Waals surface area contributed by atoms with E-state index in [-0.39, 0.29) is 0 Å². The molecule has 1 aliphatic heterocycles. The minimum absolute atomic E-state index is 0.808. The van der Waals surface area contributed by atoms with E-state index in [2.05, 4.69) is 41.9 Å². The first-order valence-electron chi connectivity index (χ1n) is 6.93. The molecular formula is C14H24N2OS. The molecule has 3 nitrogen and oxygen atoms in total. The van der Waals surface area contributed by atoms with Gasteiger partial charge in [0.1, 0.15) is 5.76 Å². The molecule has 1 atom stereocenters. The van der Waals surface area contributed by atoms with Crippen LogP contribution in [0.4, 0.5) is 0 Å². The maximum Gasteiger partial charge on any atom is 0.122 e. The lowest BCUT2D eigenvalue weighted by Crippen LogP contribution is -2.37. The molecule has 0 amide bonds. The molecule has 1 aromatic rings. The molecule has 0 saturated carbocycles. The van der Waals surface area contributed by atoms with Crippen LogP contribution >= 0.6 is 11.8 Å². The Kier molecular flexibility index (Phi) is 5.60. The van der Waals surface area contributed by atoms with Crippen molar-refractivity contribution in [2.24, 2.45) is 0 Å². The van der Waals surface area contributed by atoms with Gasteiger partial charge in [-0.15, -0.1) is 0 Å². The molecule has 0 spiro atoms. The molecule has 1 saturated heterocycles. The number of rotatable bonds is 6. The second kappa shape index (κ2) is 7.22. The molecule has 4 heteroatoms. The van der Waals surface area contributed by atoms with Crippen molar-refractivity contribution in [3.8, 4) is 0 Å². The number of hydrogen-bond donors (Lipinski definition) is 1. The van der Waals surface area contributed by atoms with Crippen LogP contribution in [0.2, 0.25) is 0 Å². The first kappa shape index (κ1) is 14.0. The van der Waals surface area contributed by atoms with Gasteiger partial charge in [0.05, 0.1) is 12.8 Å². The fourth-order valence-electron chi connectivity index (χ4n) is 2.31. The van der Waals surface area contributed by atoms with Gasteiger partial charge in [-0.3, -0.25) is 4.90 Å². The molecule has 0 radical (unpaired) electrons. The lowest BCUT2D eigenvalue weighted by Gasteiger charge is -2.31. The third-order valence-electron chi connectivity index (χ3n) is 3.45. The smallest absolute Gasteiger partial charge is 0.122 e. The second-order valence-electron chi connectivity index (χ2n) is 4.79. The van der Waals surface area contributed by atoms with Gasteiger partial charge in [0, 0.05) is 36.2 Å². The van der Waals surface area contributed by atoms with Gasteiger partial charge in [0.2, 0.25) is 0 Å². The predicted molar refractivity (Wildman–Crippen MR) is 77.9 cm³/mol. The lowest BCUT2D eigenvalue weighted by atomic mass is 10.2. The summed E-state index contributed by atoms with van der Waals surface area (Å²) in [7, 11) is 0. The van der Waals surface area contributed by atoms with Gasteiger partial charge < -0.3 is 9.73 Å². The highest BCUT2D eigenvalue weighted by Gasteiger charge is 2.20. The lowest BCUT2D eigenvalue weighted by molar-refractivity contribution is 0.270. The van der Waals surface area contributed by atoms with E-state index in [0.717, 1.165) is 30.6 Å². The van der Waals surface area contributed by atoms with Crippen LogP contribution in [-0.2, 0) is 13.1 Å². The average molecular weight is 268 g/mol. The van der Waals surface area contributed by atoms with Gasteiger partial charge in [-0.1, -0.05) is 13.8 Å². The van der Waals surface area contributed by atoms with Gasteiger partial charge in [-0.2, -0.15) is 11.8 Å². The molecule has 2 heterocycles. The fourth-order valence-corrected chi connectivity index (χ4v) is 3.56. The van der Waals surface area contributed by atoms with E-state index in [0.29, 0.717) is 0 Å². The summed E-state index contributed by atoms with van der Waals surface area (Å²) in [5.41, 5.74) is 1.35. The van der Waals surface area contributed by atoms with Crippen LogP contribution in [0.3, 0.4) is 0 Å². The third kappa shape index (κ3) is 3.77. The molecule has 1 unspecified atom stereocenters. The Balaban J connectivity index is 1.90. The minimum Gasteiger partial charge on any atom is -0.468 e. The number of nitrogens with one attached hydrogen (secondary N) is 1. The Labute approximate surface area is 114 Å². The summed E-state index contributed by atoms with van der Waals surface area (Å²) in [5.74, 6) is 2.36. The van der Waals surface area contributed by atoms with E-state index in [1.807, 2.05) is 6.26 Å². The molecule has 1 aromatic heterocycles. The van der Waals surface area contributed by atoms with E-state index in [1.165, 1.54) is 30.8 Å². The van der Waals surface area contributed by atoms with Crippen molar-refractivity contribution >= 4 is 11.8 Å². The SMILES string of the molecule is CCNCc1occc1CN1CCSC(CC)C1. The van der Waals surface area contributed by atoms with Crippen molar-refractivity contribution in [1.29, 1.82) is 0 Å². The molecule has 1 N–H and O–H groups in total. The normalized spacial score (nSPS) is 21.3. The van der Waals surface area contributed by atoms with Crippen LogP contribution in [0.1, 0.15) is 31.6 Å². The molecule has 0 aromatic carbocycles. The molecule has 1 fully saturated rings. The Bertz CT molecular complexity index is 353. The second-order valence-corrected chi connectivity index (χ2v) is 6.19. The van der Waals surface area contributed by atoms with Crippen molar-refractivity contribution in [1.82, 2.24) is 10.2 Å². The molecule has 2 rings (SSSR count). The highest BCUT2D eigenvalue weighted by Crippen LogP contribution is 2.23. The summed E-state index contributed by atoms with van der Waals surface area (Å²) < 4.78 is 5.57. The first-order valence-corrected chi connectivity index (χ1v) is 7.98. The van der Waals surface area contributed by atoms with Crippen molar-refractivity contribution < 1.29 is 4.42 Å². The predicted octanol–water partition coefficient (Wildman–Crippen LogP) is 2.72. The van der Waals surface area contributed by atoms with Crippen LogP contribution < -0.4 is 5.32 Å². The zero-order valence-corrected chi connectivity index (χ0v) is 12.3. The quantitative estimate of drug-likeness (QED) is 0.859. The molecule has 0 bridgehead atoms. The largest absolute Gasteiger partial charge is 0.468 e. The minimum atomic E-state index is 0.808. The number of nitrogens with zero attached hydrogens (tertiary/aromatic N) is 1. The van der Waals surface area contributed by atoms with Crippen molar-refractivity contribution in [3.05, 3.63) is 23.7 Å². The third-order valence-corrected chi connectivity index (χ3v) is 4.82. The number of furan rings is 1. The average Bonchev–Trinajstić information content (AvgIpc) is 2.84. The van der Waals surface area contributed by atoms with E-state index in [1.54, 1.807) is 0 Å². The Morgan fingerprint density at radius 2 is 2.39 bits per heavy atom. The van der Waals surface area contributed by atoms with Crippen LogP contribution in [0.15, 0.2) is 16.7 Å². The zero-order valence-electron chi connectivity index (χ0n) is 11.4. The summed E-state index contributed by atoms with van der Waals surface area (Å²) in [6.07, 6.45) is 3.09. The Hall–Kier alpha value is -0.450. The van der Waals surface area contributed by atoms with Crippen molar-refractivity contribution in [3.63, 3.8) is 0 Å². The summed E-state index contributed by atoms with van der Waals surface area (Å²) in [5, 5.41) is 4.14. The zero-order chi connectivity index (χ0) is 12.8. The first-order chi connectivity index (χ1) is 8.83. The summed E-state index contributed by atoms with van der Waals surface area (Å²) in [4.78, 5) is 2.56. The van der Waals surface area contributed by atoms with E-state index in [9.17, 15) is 0 Å². The molecular weight excluding hydrogens is 244 g/mol. The summed E-state index contributed by atoms with van der Waals surface area (Å²) >= 11 is 2.12. The maximum absolute atomic E-state index is 5.57. The standard InChI is InChI=1S/C14H24N2OS/c1-3-13-11-16(6-8-18-13)10-12-5-7-17-14(12)9-15-4-2/h5,7,13,15H,3-4,6,8-11H2,1-2H3. The van der Waals surface area contributed by atoms with Gasteiger partial charge >= 0.3 is 0 Å². The Morgan fingerprint density at radius 1 is 1.50 bits per heavy atom. The van der Waals surface area contributed by atoms with Gasteiger partial charge in [-0.25, -0.2) is 0 Å². The Morgan fingerprint density at radius 3 is 3.17 bits per heavy atom. The highest BCUT2D eigenvalue weighted by molar-refractivity contribution is 8.00. The molecule has 1 aliphatic rings. The van der Waals surface area contributed by atoms with Gasteiger partial charge in [-0.05, 0) is 19.0 Å². The fraction of sp³-hybridized carbons (Fsp3) is 0.714. The van der Waals surface area contributed by atoms with E-state index in [4.69, 9.17) is 4.42 Å². The summed E-state index contributed by atoms with van der Waals surface area (Å²) in [6, 6.07) is 2.12. The number of thioether (sulfide) groups is 1. The molecule has 0 aliphatic carbocycles.